The minimum atomic E-state index is -0.246. The molecule has 0 atom stereocenters. The van der Waals surface area contributed by atoms with E-state index >= 15 is 0 Å². The Balaban J connectivity index is 1.66. The number of benzene rings is 2. The number of amides is 2. The van der Waals surface area contributed by atoms with Gasteiger partial charge in [0.2, 0.25) is 5.91 Å². The SMILES string of the molecule is Cc1ccc(C(=O)NCC(=O)N(C)Cc2c(C)nn(-c3ccccc3C)c2C)cc1C. The first-order chi connectivity index (χ1) is 14.7. The monoisotopic (exact) mass is 418 g/mol. The van der Waals surface area contributed by atoms with Gasteiger partial charge in [0.05, 0.1) is 17.9 Å². The largest absolute Gasteiger partial charge is 0.343 e. The van der Waals surface area contributed by atoms with Gasteiger partial charge in [-0.25, -0.2) is 4.68 Å². The highest BCUT2D eigenvalue weighted by atomic mass is 16.2. The van der Waals surface area contributed by atoms with E-state index in [9.17, 15) is 9.59 Å². The summed E-state index contributed by atoms with van der Waals surface area (Å²) in [6.07, 6.45) is 0. The van der Waals surface area contributed by atoms with Crippen LogP contribution in [0.2, 0.25) is 0 Å². The highest BCUT2D eigenvalue weighted by Crippen LogP contribution is 2.21. The van der Waals surface area contributed by atoms with Crippen LogP contribution in [0.4, 0.5) is 0 Å². The van der Waals surface area contributed by atoms with Crippen LogP contribution in [0.25, 0.3) is 5.69 Å². The molecule has 6 nitrogen and oxygen atoms in total. The Morgan fingerprint density at radius 3 is 2.35 bits per heavy atom. The number of carbonyl (C=O) groups is 2. The van der Waals surface area contributed by atoms with Gasteiger partial charge in [0, 0.05) is 30.4 Å². The van der Waals surface area contributed by atoms with E-state index in [1.54, 1.807) is 18.0 Å². The van der Waals surface area contributed by atoms with Crippen LogP contribution in [0.3, 0.4) is 0 Å². The quantitative estimate of drug-likeness (QED) is 0.662. The number of hydrogen-bond donors (Lipinski definition) is 1. The maximum absolute atomic E-state index is 12.6. The Labute approximate surface area is 183 Å². The van der Waals surface area contributed by atoms with E-state index in [0.29, 0.717) is 12.1 Å². The fourth-order valence-corrected chi connectivity index (χ4v) is 3.54. The average Bonchev–Trinajstić information content (AvgIpc) is 3.02. The maximum atomic E-state index is 12.6. The molecule has 3 aromatic rings. The number of aryl methyl sites for hydroxylation is 4. The van der Waals surface area contributed by atoms with Crippen LogP contribution in [0.15, 0.2) is 42.5 Å². The molecule has 0 aliphatic heterocycles. The molecule has 162 valence electrons. The normalized spacial score (nSPS) is 10.8. The van der Waals surface area contributed by atoms with E-state index < -0.39 is 0 Å². The Bertz CT molecular complexity index is 1130. The fourth-order valence-electron chi connectivity index (χ4n) is 3.54. The average molecular weight is 419 g/mol. The Morgan fingerprint density at radius 1 is 0.968 bits per heavy atom. The van der Waals surface area contributed by atoms with Gasteiger partial charge in [-0.05, 0) is 69.5 Å². The second-order valence-electron chi connectivity index (χ2n) is 8.08. The molecule has 3 rings (SSSR count). The fraction of sp³-hybridized carbons (Fsp3) is 0.320. The molecule has 0 unspecified atom stereocenters. The molecule has 0 fully saturated rings. The van der Waals surface area contributed by atoms with Crippen LogP contribution < -0.4 is 5.32 Å². The molecule has 2 aromatic carbocycles. The van der Waals surface area contributed by atoms with E-state index in [0.717, 1.165) is 39.3 Å². The molecule has 0 spiro atoms. The van der Waals surface area contributed by atoms with Crippen LogP contribution in [-0.4, -0.2) is 40.1 Å². The smallest absolute Gasteiger partial charge is 0.251 e. The van der Waals surface area contributed by atoms with Gasteiger partial charge in [0.1, 0.15) is 0 Å². The minimum absolute atomic E-state index is 0.0493. The molecule has 1 heterocycles. The summed E-state index contributed by atoms with van der Waals surface area (Å²) in [6, 6.07) is 13.6. The standard InChI is InChI=1S/C25H30N4O2/c1-16-11-12-21(13-18(16)3)25(31)26-14-24(30)28(6)15-22-19(4)27-29(20(22)5)23-10-8-7-9-17(23)2/h7-13H,14-15H2,1-6H3,(H,26,31). The summed E-state index contributed by atoms with van der Waals surface area (Å²) in [4.78, 5) is 26.7. The highest BCUT2D eigenvalue weighted by Gasteiger charge is 2.18. The zero-order valence-electron chi connectivity index (χ0n) is 19.1. The molecule has 0 saturated heterocycles. The first-order valence-corrected chi connectivity index (χ1v) is 10.4. The minimum Gasteiger partial charge on any atom is -0.343 e. The summed E-state index contributed by atoms with van der Waals surface area (Å²) >= 11 is 0. The van der Waals surface area contributed by atoms with E-state index in [-0.39, 0.29) is 18.4 Å². The van der Waals surface area contributed by atoms with E-state index in [2.05, 4.69) is 18.3 Å². The number of nitrogens with zero attached hydrogens (tertiary/aromatic N) is 3. The van der Waals surface area contributed by atoms with Crippen LogP contribution in [0.5, 0.6) is 0 Å². The van der Waals surface area contributed by atoms with Gasteiger partial charge in [-0.3, -0.25) is 9.59 Å². The summed E-state index contributed by atoms with van der Waals surface area (Å²) in [7, 11) is 1.74. The van der Waals surface area contributed by atoms with Crippen LogP contribution in [0.1, 0.15) is 44.0 Å². The lowest BCUT2D eigenvalue weighted by molar-refractivity contribution is -0.129. The van der Waals surface area contributed by atoms with Gasteiger partial charge >= 0.3 is 0 Å². The van der Waals surface area contributed by atoms with Crippen molar-refractivity contribution >= 4 is 11.8 Å². The van der Waals surface area contributed by atoms with Crippen LogP contribution in [0, 0.1) is 34.6 Å². The van der Waals surface area contributed by atoms with Gasteiger partial charge in [0.15, 0.2) is 0 Å². The van der Waals surface area contributed by atoms with Crippen molar-refractivity contribution in [2.24, 2.45) is 0 Å². The van der Waals surface area contributed by atoms with Crippen LogP contribution in [-0.2, 0) is 11.3 Å². The number of hydrogen-bond acceptors (Lipinski definition) is 3. The first-order valence-electron chi connectivity index (χ1n) is 10.4. The molecule has 6 heteroatoms. The van der Waals surface area contributed by atoms with Crippen molar-refractivity contribution in [3.63, 3.8) is 0 Å². The zero-order valence-corrected chi connectivity index (χ0v) is 19.1. The number of rotatable bonds is 6. The van der Waals surface area contributed by atoms with Gasteiger partial charge < -0.3 is 10.2 Å². The number of nitrogens with one attached hydrogen (secondary N) is 1. The molecular weight excluding hydrogens is 388 g/mol. The van der Waals surface area contributed by atoms with E-state index in [1.165, 1.54) is 0 Å². The molecule has 1 N–H and O–H groups in total. The number of para-hydroxylation sites is 1. The first kappa shape index (κ1) is 22.3. The molecule has 31 heavy (non-hydrogen) atoms. The van der Waals surface area contributed by atoms with Crippen molar-refractivity contribution in [1.82, 2.24) is 20.0 Å². The van der Waals surface area contributed by atoms with Gasteiger partial charge in [-0.2, -0.15) is 5.10 Å². The summed E-state index contributed by atoms with van der Waals surface area (Å²) in [6.45, 7) is 10.4. The van der Waals surface area contributed by atoms with E-state index in [1.807, 2.05) is 62.7 Å². The van der Waals surface area contributed by atoms with Crippen molar-refractivity contribution in [3.8, 4) is 5.69 Å². The molecule has 1 aromatic heterocycles. The van der Waals surface area contributed by atoms with E-state index in [4.69, 9.17) is 5.10 Å². The summed E-state index contributed by atoms with van der Waals surface area (Å²) in [5.41, 5.74) is 7.81. The lowest BCUT2D eigenvalue weighted by atomic mass is 10.1. The second kappa shape index (κ2) is 9.16. The molecule has 0 aliphatic rings. The number of carbonyl (C=O) groups excluding carboxylic acids is 2. The number of likely N-dealkylation sites (N-methyl/N-ethyl adjacent to an activating group) is 1. The van der Waals surface area contributed by atoms with Crippen LogP contribution >= 0.6 is 0 Å². The molecule has 0 aliphatic carbocycles. The topological polar surface area (TPSA) is 67.2 Å². The molecule has 0 bridgehead atoms. The van der Waals surface area contributed by atoms with Crippen molar-refractivity contribution in [2.75, 3.05) is 13.6 Å². The summed E-state index contributed by atoms with van der Waals surface area (Å²) < 4.78 is 1.93. The zero-order chi connectivity index (χ0) is 22.7. The summed E-state index contributed by atoms with van der Waals surface area (Å²) in [5.74, 6) is -0.399. The molecular formula is C25H30N4O2. The Morgan fingerprint density at radius 2 is 1.68 bits per heavy atom. The van der Waals surface area contributed by atoms with Crippen molar-refractivity contribution in [2.45, 2.75) is 41.2 Å². The van der Waals surface area contributed by atoms with Gasteiger partial charge in [-0.1, -0.05) is 24.3 Å². The third kappa shape index (κ3) is 4.85. The number of aromatic nitrogens is 2. The second-order valence-corrected chi connectivity index (χ2v) is 8.08. The molecule has 0 saturated carbocycles. The van der Waals surface area contributed by atoms with Crippen molar-refractivity contribution in [3.05, 3.63) is 81.7 Å². The highest BCUT2D eigenvalue weighted by molar-refractivity contribution is 5.96. The lowest BCUT2D eigenvalue weighted by Gasteiger charge is -2.18. The van der Waals surface area contributed by atoms with Gasteiger partial charge in [-0.15, -0.1) is 0 Å². The van der Waals surface area contributed by atoms with Crippen molar-refractivity contribution < 1.29 is 9.59 Å². The van der Waals surface area contributed by atoms with Gasteiger partial charge in [0.25, 0.3) is 5.91 Å². The van der Waals surface area contributed by atoms with Crippen molar-refractivity contribution in [1.29, 1.82) is 0 Å². The third-order valence-electron chi connectivity index (χ3n) is 5.78. The molecule has 2 amide bonds. The Hall–Kier alpha value is -3.41. The third-order valence-corrected chi connectivity index (χ3v) is 5.78. The summed E-state index contributed by atoms with van der Waals surface area (Å²) in [5, 5.41) is 7.42. The maximum Gasteiger partial charge on any atom is 0.251 e. The predicted octanol–water partition coefficient (Wildman–Crippen LogP) is 3.80. The predicted molar refractivity (Wildman–Crippen MR) is 122 cm³/mol. The Kier molecular flexibility index (Phi) is 6.59. The lowest BCUT2D eigenvalue weighted by Crippen LogP contribution is -2.38. The molecule has 0 radical (unpaired) electrons.